The summed E-state index contributed by atoms with van der Waals surface area (Å²) in [6, 6.07) is 16.2. The first-order valence-electron chi connectivity index (χ1n) is 12.6. The van der Waals surface area contributed by atoms with Crippen molar-refractivity contribution in [3.63, 3.8) is 0 Å². The molecule has 0 fully saturated rings. The first kappa shape index (κ1) is 27.9. The molecule has 0 saturated carbocycles. The normalized spacial score (nSPS) is 15.2. The number of para-hydroxylation sites is 1. The highest BCUT2D eigenvalue weighted by Gasteiger charge is 2.31. The third-order valence-corrected chi connectivity index (χ3v) is 9.67. The number of nitrogens with zero attached hydrogens (tertiary/aromatic N) is 3. The highest BCUT2D eigenvalue weighted by Crippen LogP contribution is 2.33. The van der Waals surface area contributed by atoms with Gasteiger partial charge in [-0.15, -0.1) is 0 Å². The molecule has 11 heteroatoms. The molecule has 8 nitrogen and oxygen atoms in total. The van der Waals surface area contributed by atoms with Gasteiger partial charge in [-0.2, -0.15) is 0 Å². The SMILES string of the molecule is Cc1ccc(S(=O)(=O)Nc2c(C)n(C)n(-c3ccccc3)c2=O)cc1C(=O)N1Cc2c(ccc(F)c2Br)CC1C. The molecule has 0 radical (unpaired) electrons. The fraction of sp³-hybridized carbons (Fsp3) is 0.241. The summed E-state index contributed by atoms with van der Waals surface area (Å²) in [6.45, 7) is 5.48. The summed E-state index contributed by atoms with van der Waals surface area (Å²) in [4.78, 5) is 28.5. The Balaban J connectivity index is 1.48. The number of fused-ring (bicyclic) bond motifs is 1. The Morgan fingerprint density at radius 1 is 1.07 bits per heavy atom. The Kier molecular flexibility index (Phi) is 7.22. The molecule has 1 atom stereocenters. The molecule has 1 aliphatic rings. The van der Waals surface area contributed by atoms with Crippen molar-refractivity contribution in [1.29, 1.82) is 0 Å². The lowest BCUT2D eigenvalue weighted by Crippen LogP contribution is -2.43. The van der Waals surface area contributed by atoms with Crippen molar-refractivity contribution in [1.82, 2.24) is 14.3 Å². The molecule has 0 aliphatic carbocycles. The predicted octanol–water partition coefficient (Wildman–Crippen LogP) is 5.08. The molecule has 4 aromatic rings. The summed E-state index contributed by atoms with van der Waals surface area (Å²) in [5.74, 6) is -0.759. The third kappa shape index (κ3) is 4.77. The van der Waals surface area contributed by atoms with Crippen molar-refractivity contribution < 1.29 is 17.6 Å². The van der Waals surface area contributed by atoms with Crippen LogP contribution in [0.25, 0.3) is 5.69 Å². The van der Waals surface area contributed by atoms with Crippen LogP contribution in [0.2, 0.25) is 0 Å². The van der Waals surface area contributed by atoms with Gasteiger partial charge >= 0.3 is 0 Å². The second-order valence-electron chi connectivity index (χ2n) is 10.0. The molecular weight excluding hydrogens is 599 g/mol. The number of aromatic nitrogens is 2. The molecule has 1 N–H and O–H groups in total. The molecular formula is C29H28BrFN4O4S. The smallest absolute Gasteiger partial charge is 0.296 e. The number of sulfonamides is 1. The fourth-order valence-corrected chi connectivity index (χ4v) is 6.71. The van der Waals surface area contributed by atoms with E-state index < -0.39 is 21.4 Å². The summed E-state index contributed by atoms with van der Waals surface area (Å²) < 4.78 is 46.9. The average molecular weight is 628 g/mol. The minimum atomic E-state index is -4.23. The summed E-state index contributed by atoms with van der Waals surface area (Å²) in [6.07, 6.45) is 0.541. The van der Waals surface area contributed by atoms with Gasteiger partial charge in [-0.1, -0.05) is 30.3 Å². The summed E-state index contributed by atoms with van der Waals surface area (Å²) in [7, 11) is -2.55. The van der Waals surface area contributed by atoms with E-state index in [1.54, 1.807) is 66.9 Å². The minimum Gasteiger partial charge on any atom is -0.331 e. The van der Waals surface area contributed by atoms with Crippen LogP contribution in [0.4, 0.5) is 10.1 Å². The van der Waals surface area contributed by atoms with E-state index in [1.807, 2.05) is 13.0 Å². The number of amides is 1. The predicted molar refractivity (Wildman–Crippen MR) is 155 cm³/mol. The van der Waals surface area contributed by atoms with Crippen molar-refractivity contribution in [3.05, 3.63) is 109 Å². The van der Waals surface area contributed by atoms with E-state index in [2.05, 4.69) is 20.7 Å². The summed E-state index contributed by atoms with van der Waals surface area (Å²) in [5.41, 5.74) is 2.91. The highest BCUT2D eigenvalue weighted by atomic mass is 79.9. The summed E-state index contributed by atoms with van der Waals surface area (Å²) in [5, 5.41) is 0. The largest absolute Gasteiger partial charge is 0.331 e. The second-order valence-corrected chi connectivity index (χ2v) is 12.5. The lowest BCUT2D eigenvalue weighted by atomic mass is 9.93. The van der Waals surface area contributed by atoms with Crippen molar-refractivity contribution >= 4 is 37.5 Å². The van der Waals surface area contributed by atoms with Gasteiger partial charge in [0.15, 0.2) is 0 Å². The maximum Gasteiger partial charge on any atom is 0.296 e. The number of halogens is 2. The molecule has 0 bridgehead atoms. The Morgan fingerprint density at radius 2 is 1.77 bits per heavy atom. The number of benzene rings is 3. The summed E-state index contributed by atoms with van der Waals surface area (Å²) >= 11 is 3.31. The molecule has 1 aromatic heterocycles. The number of aryl methyl sites for hydroxylation is 1. The Labute approximate surface area is 240 Å². The van der Waals surface area contributed by atoms with Crippen LogP contribution in [-0.2, 0) is 30.0 Å². The van der Waals surface area contributed by atoms with Gasteiger partial charge in [0.05, 0.1) is 20.7 Å². The first-order chi connectivity index (χ1) is 18.9. The maximum atomic E-state index is 14.2. The van der Waals surface area contributed by atoms with Gasteiger partial charge in [0.2, 0.25) is 0 Å². The van der Waals surface area contributed by atoms with Gasteiger partial charge < -0.3 is 4.90 Å². The van der Waals surface area contributed by atoms with Gasteiger partial charge in [-0.05, 0) is 90.1 Å². The lowest BCUT2D eigenvalue weighted by molar-refractivity contribution is 0.0656. The van der Waals surface area contributed by atoms with Crippen LogP contribution in [0.15, 0.2) is 74.8 Å². The number of hydrogen-bond acceptors (Lipinski definition) is 4. The van der Waals surface area contributed by atoms with Gasteiger partial charge in [0, 0.05) is 25.2 Å². The molecule has 3 aromatic carbocycles. The molecule has 2 heterocycles. The van der Waals surface area contributed by atoms with Crippen molar-refractivity contribution in [3.8, 4) is 5.69 Å². The van der Waals surface area contributed by atoms with E-state index in [-0.39, 0.29) is 34.6 Å². The van der Waals surface area contributed by atoms with Crippen LogP contribution in [-0.4, -0.2) is 34.6 Å². The maximum absolute atomic E-state index is 14.2. The topological polar surface area (TPSA) is 93.4 Å². The van der Waals surface area contributed by atoms with Crippen LogP contribution in [0.5, 0.6) is 0 Å². The molecule has 0 spiro atoms. The molecule has 40 heavy (non-hydrogen) atoms. The van der Waals surface area contributed by atoms with Crippen LogP contribution >= 0.6 is 15.9 Å². The Bertz CT molecular complexity index is 1820. The zero-order valence-electron chi connectivity index (χ0n) is 22.4. The zero-order chi connectivity index (χ0) is 28.9. The highest BCUT2D eigenvalue weighted by molar-refractivity contribution is 9.10. The van der Waals surface area contributed by atoms with Crippen molar-refractivity contribution in [2.75, 3.05) is 4.72 Å². The van der Waals surface area contributed by atoms with E-state index in [1.165, 1.54) is 22.9 Å². The molecule has 1 unspecified atom stereocenters. The number of anilines is 1. The van der Waals surface area contributed by atoms with Gasteiger partial charge in [0.25, 0.3) is 21.5 Å². The second kappa shape index (κ2) is 10.4. The van der Waals surface area contributed by atoms with Crippen molar-refractivity contribution in [2.24, 2.45) is 7.05 Å². The standard InChI is InChI=1S/C29H28BrFN4O4S/c1-17-10-12-22(15-23(17)28(36)34-16-24-20(14-18(34)2)11-13-25(31)26(24)30)40(38,39)32-27-19(3)33(4)35(29(27)37)21-8-6-5-7-9-21/h5-13,15,18,32H,14,16H2,1-4H3. The Morgan fingerprint density at radius 3 is 2.48 bits per heavy atom. The van der Waals surface area contributed by atoms with Gasteiger partial charge in [-0.25, -0.2) is 17.5 Å². The number of rotatable bonds is 5. The monoisotopic (exact) mass is 626 g/mol. The van der Waals surface area contributed by atoms with Crippen LogP contribution in [0, 0.1) is 19.7 Å². The third-order valence-electron chi connectivity index (χ3n) is 7.47. The van der Waals surface area contributed by atoms with Crippen LogP contribution < -0.4 is 10.3 Å². The van der Waals surface area contributed by atoms with Crippen molar-refractivity contribution in [2.45, 2.75) is 44.7 Å². The van der Waals surface area contributed by atoms with E-state index in [0.29, 0.717) is 33.4 Å². The lowest BCUT2D eigenvalue weighted by Gasteiger charge is -2.36. The first-order valence-corrected chi connectivity index (χ1v) is 14.9. The Hall–Kier alpha value is -3.70. The molecule has 1 amide bonds. The molecule has 208 valence electrons. The van der Waals surface area contributed by atoms with Gasteiger partial charge in [-0.3, -0.25) is 19.0 Å². The molecule has 0 saturated heterocycles. The van der Waals surface area contributed by atoms with E-state index in [4.69, 9.17) is 0 Å². The number of carbonyl (C=O) groups is 1. The number of nitrogens with one attached hydrogen (secondary N) is 1. The molecule has 5 rings (SSSR count). The number of carbonyl (C=O) groups excluding carboxylic acids is 1. The fourth-order valence-electron chi connectivity index (χ4n) is 5.05. The molecule has 1 aliphatic heterocycles. The van der Waals surface area contributed by atoms with E-state index >= 15 is 0 Å². The van der Waals surface area contributed by atoms with E-state index in [0.717, 1.165) is 5.56 Å². The van der Waals surface area contributed by atoms with E-state index in [9.17, 15) is 22.4 Å². The minimum absolute atomic E-state index is 0.0760. The average Bonchev–Trinajstić information content (AvgIpc) is 3.13. The quantitative estimate of drug-likeness (QED) is 0.334. The van der Waals surface area contributed by atoms with Gasteiger partial charge in [0.1, 0.15) is 11.5 Å². The zero-order valence-corrected chi connectivity index (χ0v) is 24.8. The number of hydrogen-bond donors (Lipinski definition) is 1. The van der Waals surface area contributed by atoms with Crippen LogP contribution in [0.3, 0.4) is 0 Å². The van der Waals surface area contributed by atoms with Crippen LogP contribution in [0.1, 0.15) is 39.7 Å².